The maximum absolute atomic E-state index is 9.98. The van der Waals surface area contributed by atoms with Crippen molar-refractivity contribution in [2.24, 2.45) is 0 Å². The van der Waals surface area contributed by atoms with Crippen LogP contribution in [-0.2, 0) is 0 Å². The molecule has 10 nitrogen and oxygen atoms in total. The molecule has 1 fully saturated rings. The molecule has 0 bridgehead atoms. The fourth-order valence-corrected chi connectivity index (χ4v) is 6.13. The molecule has 11 heteroatoms. The van der Waals surface area contributed by atoms with E-state index < -0.39 is 0 Å². The monoisotopic (exact) mass is 621 g/mol. The summed E-state index contributed by atoms with van der Waals surface area (Å²) in [5.41, 5.74) is 4.85. The SMILES string of the molecule is COc1ncccc1Nc1c(C#N)cnc2c(N[C@@H](c3ccccc3)c3cn(C4CCN(C(C)(C)C)CC4)nn3)cc(Cl)cc12. The summed E-state index contributed by atoms with van der Waals surface area (Å²) in [4.78, 5) is 11.5. The molecule has 0 amide bonds. The zero-order valence-corrected chi connectivity index (χ0v) is 26.6. The maximum atomic E-state index is 9.98. The van der Waals surface area contributed by atoms with Crippen LogP contribution in [0.2, 0.25) is 5.02 Å². The number of likely N-dealkylation sites (tertiary alicyclic amines) is 1. The van der Waals surface area contributed by atoms with Crippen LogP contribution >= 0.6 is 11.6 Å². The number of nitriles is 1. The highest BCUT2D eigenvalue weighted by atomic mass is 35.5. The van der Waals surface area contributed by atoms with E-state index in [2.05, 4.69) is 76.0 Å². The van der Waals surface area contributed by atoms with E-state index in [1.807, 2.05) is 35.0 Å². The number of pyridine rings is 2. The molecular weight excluding hydrogens is 586 g/mol. The standard InChI is InChI=1S/C34H36ClN9O/c1-34(2,3)43-15-12-25(13-16-43)44-21-29(41-42-44)31(22-9-6-5-7-10-22)40-28-18-24(35)17-26-30(23(19-36)20-38-32(26)28)39-27-11-8-14-37-33(27)45-4/h5-11,14,17-18,20-21,25,31,40H,12-13,15-16H2,1-4H3,(H,38,39)/t31-/m0/s1. The second-order valence-corrected chi connectivity index (χ2v) is 12.6. The predicted octanol–water partition coefficient (Wildman–Crippen LogP) is 7.14. The van der Waals surface area contributed by atoms with Crippen LogP contribution in [-0.4, -0.2) is 55.6 Å². The van der Waals surface area contributed by atoms with Crippen LogP contribution in [0.25, 0.3) is 10.9 Å². The maximum Gasteiger partial charge on any atom is 0.237 e. The highest BCUT2D eigenvalue weighted by molar-refractivity contribution is 6.32. The zero-order valence-electron chi connectivity index (χ0n) is 25.8. The lowest BCUT2D eigenvalue weighted by Crippen LogP contribution is -2.46. The highest BCUT2D eigenvalue weighted by Crippen LogP contribution is 2.38. The van der Waals surface area contributed by atoms with Gasteiger partial charge in [0.2, 0.25) is 5.88 Å². The van der Waals surface area contributed by atoms with Gasteiger partial charge < -0.3 is 15.4 Å². The Morgan fingerprint density at radius 1 is 1.04 bits per heavy atom. The first kappa shape index (κ1) is 30.3. The number of hydrogen-bond acceptors (Lipinski definition) is 9. The molecule has 5 aromatic rings. The first-order valence-corrected chi connectivity index (χ1v) is 15.4. The number of benzene rings is 2. The van der Waals surface area contributed by atoms with Crippen LogP contribution in [0.15, 0.2) is 73.2 Å². The van der Waals surface area contributed by atoms with E-state index in [4.69, 9.17) is 21.3 Å². The number of aromatic nitrogens is 5. The summed E-state index contributed by atoms with van der Waals surface area (Å²) in [6, 6.07) is 19.6. The normalized spacial score (nSPS) is 15.0. The molecule has 45 heavy (non-hydrogen) atoms. The molecule has 1 aliphatic heterocycles. The van der Waals surface area contributed by atoms with E-state index >= 15 is 0 Å². The van der Waals surface area contributed by atoms with Gasteiger partial charge >= 0.3 is 0 Å². The third kappa shape index (κ3) is 6.41. The Bertz CT molecular complexity index is 1840. The van der Waals surface area contributed by atoms with Gasteiger partial charge in [0.05, 0.1) is 47.8 Å². The van der Waals surface area contributed by atoms with Gasteiger partial charge in [-0.2, -0.15) is 5.26 Å². The Balaban J connectivity index is 1.37. The summed E-state index contributed by atoms with van der Waals surface area (Å²) in [5.74, 6) is 0.406. The number of halogens is 1. The molecule has 2 N–H and O–H groups in total. The minimum absolute atomic E-state index is 0.155. The Morgan fingerprint density at radius 2 is 1.82 bits per heavy atom. The number of fused-ring (bicyclic) bond motifs is 1. The second-order valence-electron chi connectivity index (χ2n) is 12.2. The van der Waals surface area contributed by atoms with Gasteiger partial charge in [0.25, 0.3) is 0 Å². The van der Waals surface area contributed by atoms with Crippen LogP contribution in [0.5, 0.6) is 5.88 Å². The lowest BCUT2D eigenvalue weighted by molar-refractivity contribution is 0.0866. The van der Waals surface area contributed by atoms with E-state index in [-0.39, 0.29) is 17.6 Å². The van der Waals surface area contributed by atoms with Gasteiger partial charge in [-0.15, -0.1) is 5.10 Å². The van der Waals surface area contributed by atoms with Crippen molar-refractivity contribution in [1.29, 1.82) is 5.26 Å². The van der Waals surface area contributed by atoms with Crippen molar-refractivity contribution in [2.75, 3.05) is 30.8 Å². The molecule has 0 unspecified atom stereocenters. The minimum atomic E-state index is -0.330. The molecule has 6 rings (SSSR count). The van der Waals surface area contributed by atoms with Crippen LogP contribution in [0.4, 0.5) is 17.1 Å². The molecule has 2 aromatic carbocycles. The van der Waals surface area contributed by atoms with Crippen molar-refractivity contribution < 1.29 is 4.74 Å². The summed E-state index contributed by atoms with van der Waals surface area (Å²) in [6.07, 6.45) is 7.30. The molecule has 0 aliphatic carbocycles. The third-order valence-corrected chi connectivity index (χ3v) is 8.54. The fourth-order valence-electron chi connectivity index (χ4n) is 5.91. The van der Waals surface area contributed by atoms with Gasteiger partial charge in [0.1, 0.15) is 17.5 Å². The van der Waals surface area contributed by atoms with Crippen molar-refractivity contribution in [1.82, 2.24) is 29.9 Å². The topological polar surface area (TPSA) is 117 Å². The van der Waals surface area contributed by atoms with Crippen LogP contribution in [0.3, 0.4) is 0 Å². The van der Waals surface area contributed by atoms with Gasteiger partial charge in [-0.1, -0.05) is 47.1 Å². The first-order chi connectivity index (χ1) is 21.7. The molecule has 1 atom stereocenters. The number of anilines is 3. The van der Waals surface area contributed by atoms with Gasteiger partial charge in [-0.25, -0.2) is 9.67 Å². The Hall–Kier alpha value is -4.72. The van der Waals surface area contributed by atoms with E-state index in [0.717, 1.165) is 37.2 Å². The van der Waals surface area contributed by atoms with Crippen molar-refractivity contribution >= 4 is 39.6 Å². The smallest absolute Gasteiger partial charge is 0.237 e. The molecule has 230 valence electrons. The van der Waals surface area contributed by atoms with Gasteiger partial charge in [0, 0.05) is 41.4 Å². The first-order valence-electron chi connectivity index (χ1n) is 15.0. The minimum Gasteiger partial charge on any atom is -0.480 e. The van der Waals surface area contributed by atoms with Crippen LogP contribution < -0.4 is 15.4 Å². The molecular formula is C34H36ClN9O. The van der Waals surface area contributed by atoms with Gasteiger partial charge in [-0.3, -0.25) is 9.88 Å². The quantitative estimate of drug-likeness (QED) is 0.186. The highest BCUT2D eigenvalue weighted by Gasteiger charge is 2.29. The number of nitrogens with zero attached hydrogens (tertiary/aromatic N) is 7. The Morgan fingerprint density at radius 3 is 2.53 bits per heavy atom. The Kier molecular flexibility index (Phi) is 8.57. The summed E-state index contributed by atoms with van der Waals surface area (Å²) in [5, 5.41) is 27.4. The molecule has 4 heterocycles. The fraction of sp³-hybridized carbons (Fsp3) is 0.324. The van der Waals surface area contributed by atoms with Crippen molar-refractivity contribution in [3.8, 4) is 11.9 Å². The molecule has 1 aliphatic rings. The summed E-state index contributed by atoms with van der Waals surface area (Å²) in [7, 11) is 1.55. The lowest BCUT2D eigenvalue weighted by Gasteiger charge is -2.40. The van der Waals surface area contributed by atoms with E-state index in [1.165, 1.54) is 0 Å². The van der Waals surface area contributed by atoms with Gasteiger partial charge in [-0.05, 0) is 63.4 Å². The number of rotatable bonds is 8. The van der Waals surface area contributed by atoms with E-state index in [1.54, 1.807) is 31.6 Å². The zero-order chi connectivity index (χ0) is 31.6. The second kappa shape index (κ2) is 12.7. The van der Waals surface area contributed by atoms with E-state index in [0.29, 0.717) is 44.4 Å². The van der Waals surface area contributed by atoms with Gasteiger partial charge in [0.15, 0.2) is 0 Å². The lowest BCUT2D eigenvalue weighted by atomic mass is 9.98. The van der Waals surface area contributed by atoms with Crippen molar-refractivity contribution in [2.45, 2.75) is 51.2 Å². The summed E-state index contributed by atoms with van der Waals surface area (Å²) in [6.45, 7) is 8.84. The molecule has 0 saturated carbocycles. The predicted molar refractivity (Wildman–Crippen MR) is 177 cm³/mol. The molecule has 1 saturated heterocycles. The largest absolute Gasteiger partial charge is 0.480 e. The average Bonchev–Trinajstić information content (AvgIpc) is 3.54. The number of methoxy groups -OCH3 is 1. The van der Waals surface area contributed by atoms with E-state index in [9.17, 15) is 5.26 Å². The summed E-state index contributed by atoms with van der Waals surface area (Å²) < 4.78 is 7.46. The van der Waals surface area contributed by atoms with Crippen molar-refractivity contribution in [3.63, 3.8) is 0 Å². The van der Waals surface area contributed by atoms with Crippen molar-refractivity contribution in [3.05, 3.63) is 95.0 Å². The number of piperidine rings is 1. The Labute approximate surface area is 268 Å². The average molecular weight is 622 g/mol. The number of ether oxygens (including phenoxy) is 1. The van der Waals surface area contributed by atoms with Crippen LogP contribution in [0.1, 0.15) is 62.5 Å². The van der Waals surface area contributed by atoms with Crippen LogP contribution in [0, 0.1) is 11.3 Å². The number of nitrogens with one attached hydrogen (secondary N) is 2. The third-order valence-electron chi connectivity index (χ3n) is 8.32. The summed E-state index contributed by atoms with van der Waals surface area (Å²) >= 11 is 6.73. The molecule has 0 spiro atoms. The molecule has 3 aromatic heterocycles. The molecule has 0 radical (unpaired) electrons. The number of hydrogen-bond donors (Lipinski definition) is 2.